The third-order valence-electron chi connectivity index (χ3n) is 3.48. The van der Waals surface area contributed by atoms with Gasteiger partial charge < -0.3 is 0 Å². The van der Waals surface area contributed by atoms with Gasteiger partial charge in [-0.1, -0.05) is 36.4 Å². The highest BCUT2D eigenvalue weighted by atomic mass is 14.6. The minimum atomic E-state index is 0.326. The van der Waals surface area contributed by atoms with Crippen molar-refractivity contribution in [3.63, 3.8) is 0 Å². The van der Waals surface area contributed by atoms with Gasteiger partial charge in [-0.3, -0.25) is 9.97 Å². The Labute approximate surface area is 119 Å². The molecule has 2 heteroatoms. The molecule has 0 N–H and O–H groups in total. The van der Waals surface area contributed by atoms with Crippen molar-refractivity contribution < 1.29 is 0 Å². The van der Waals surface area contributed by atoms with E-state index >= 15 is 0 Å². The molecule has 0 aliphatic rings. The molecule has 0 bridgehead atoms. The van der Waals surface area contributed by atoms with Crippen molar-refractivity contribution in [1.82, 2.24) is 9.97 Å². The van der Waals surface area contributed by atoms with E-state index in [-0.39, 0.29) is 0 Å². The summed E-state index contributed by atoms with van der Waals surface area (Å²) in [6.45, 7) is 0. The first-order chi connectivity index (χ1) is 9.93. The van der Waals surface area contributed by atoms with Gasteiger partial charge >= 0.3 is 0 Å². The topological polar surface area (TPSA) is 25.8 Å². The van der Waals surface area contributed by atoms with E-state index in [1.54, 1.807) is 0 Å². The van der Waals surface area contributed by atoms with Crippen molar-refractivity contribution in [2.45, 2.75) is 12.3 Å². The molecular weight excluding hydrogens is 244 g/mol. The summed E-state index contributed by atoms with van der Waals surface area (Å²) < 4.78 is 0. The van der Waals surface area contributed by atoms with Gasteiger partial charge in [-0.15, -0.1) is 0 Å². The van der Waals surface area contributed by atoms with Gasteiger partial charge in [-0.2, -0.15) is 0 Å². The highest BCUT2D eigenvalue weighted by Gasteiger charge is 2.14. The zero-order chi connectivity index (χ0) is 13.6. The Morgan fingerprint density at radius 1 is 0.700 bits per heavy atom. The van der Waals surface area contributed by atoms with Crippen LogP contribution in [0.1, 0.15) is 22.6 Å². The van der Waals surface area contributed by atoms with Crippen LogP contribution in [0.4, 0.5) is 0 Å². The second kappa shape index (κ2) is 6.11. The first kappa shape index (κ1) is 12.5. The van der Waals surface area contributed by atoms with E-state index in [9.17, 15) is 0 Å². The van der Waals surface area contributed by atoms with Crippen LogP contribution in [-0.4, -0.2) is 9.97 Å². The van der Waals surface area contributed by atoms with E-state index in [1.165, 1.54) is 16.7 Å². The highest BCUT2D eigenvalue weighted by Crippen LogP contribution is 2.27. The number of pyridine rings is 2. The molecule has 1 unspecified atom stereocenters. The maximum absolute atomic E-state index is 4.26. The van der Waals surface area contributed by atoms with Gasteiger partial charge in [0, 0.05) is 30.7 Å². The zero-order valence-corrected chi connectivity index (χ0v) is 11.2. The van der Waals surface area contributed by atoms with Crippen molar-refractivity contribution in [2.75, 3.05) is 0 Å². The number of rotatable bonds is 4. The average molecular weight is 260 g/mol. The van der Waals surface area contributed by atoms with Crippen LogP contribution in [0.25, 0.3) is 0 Å². The summed E-state index contributed by atoms with van der Waals surface area (Å²) in [5, 5.41) is 0. The standard InChI is InChI=1S/C18H16N2/c1-2-5-16(6-3-1)18(17-7-4-10-20-14-17)13-15-8-11-19-12-9-15/h1-12,14,18H,13H2. The fourth-order valence-electron chi connectivity index (χ4n) is 2.45. The van der Waals surface area contributed by atoms with Crippen molar-refractivity contribution in [3.05, 3.63) is 96.1 Å². The lowest BCUT2D eigenvalue weighted by Gasteiger charge is -2.17. The summed E-state index contributed by atoms with van der Waals surface area (Å²) in [6, 6.07) is 18.9. The lowest BCUT2D eigenvalue weighted by Crippen LogP contribution is -2.05. The molecule has 98 valence electrons. The van der Waals surface area contributed by atoms with E-state index in [0.29, 0.717) is 5.92 Å². The van der Waals surface area contributed by atoms with Gasteiger partial charge in [0.05, 0.1) is 0 Å². The van der Waals surface area contributed by atoms with Crippen LogP contribution in [0.2, 0.25) is 0 Å². The van der Waals surface area contributed by atoms with Crippen molar-refractivity contribution >= 4 is 0 Å². The fourth-order valence-corrected chi connectivity index (χ4v) is 2.45. The molecule has 0 spiro atoms. The quantitative estimate of drug-likeness (QED) is 0.712. The van der Waals surface area contributed by atoms with Gasteiger partial charge in [0.25, 0.3) is 0 Å². The van der Waals surface area contributed by atoms with Crippen LogP contribution in [0, 0.1) is 0 Å². The molecule has 3 rings (SSSR count). The second-order valence-corrected chi connectivity index (χ2v) is 4.81. The Morgan fingerprint density at radius 3 is 2.15 bits per heavy atom. The summed E-state index contributed by atoms with van der Waals surface area (Å²) in [5.74, 6) is 0.326. The summed E-state index contributed by atoms with van der Waals surface area (Å²) in [6.07, 6.45) is 8.43. The Hall–Kier alpha value is -2.48. The predicted octanol–water partition coefficient (Wildman–Crippen LogP) is 3.85. The summed E-state index contributed by atoms with van der Waals surface area (Å²) >= 11 is 0. The summed E-state index contributed by atoms with van der Waals surface area (Å²) in [4.78, 5) is 8.35. The van der Waals surface area contributed by atoms with E-state index in [1.807, 2.05) is 30.9 Å². The maximum atomic E-state index is 4.26. The number of aromatic nitrogens is 2. The minimum Gasteiger partial charge on any atom is -0.265 e. The molecule has 2 heterocycles. The number of nitrogens with zero attached hydrogens (tertiary/aromatic N) is 2. The fraction of sp³-hybridized carbons (Fsp3) is 0.111. The van der Waals surface area contributed by atoms with Crippen molar-refractivity contribution in [2.24, 2.45) is 0 Å². The maximum Gasteiger partial charge on any atom is 0.0306 e. The molecule has 3 aromatic rings. The molecular formula is C18H16N2. The van der Waals surface area contributed by atoms with E-state index in [0.717, 1.165) is 6.42 Å². The van der Waals surface area contributed by atoms with Crippen LogP contribution in [0.3, 0.4) is 0 Å². The SMILES string of the molecule is c1ccc(C(Cc2ccncc2)c2cccnc2)cc1. The predicted molar refractivity (Wildman–Crippen MR) is 80.5 cm³/mol. The van der Waals surface area contributed by atoms with Gasteiger partial charge in [-0.05, 0) is 41.3 Å². The summed E-state index contributed by atoms with van der Waals surface area (Å²) in [7, 11) is 0. The van der Waals surface area contributed by atoms with E-state index in [2.05, 4.69) is 58.5 Å². The van der Waals surface area contributed by atoms with Crippen LogP contribution in [0.15, 0.2) is 79.4 Å². The third-order valence-corrected chi connectivity index (χ3v) is 3.48. The lowest BCUT2D eigenvalue weighted by molar-refractivity contribution is 0.798. The molecule has 1 aromatic carbocycles. The zero-order valence-electron chi connectivity index (χ0n) is 11.2. The van der Waals surface area contributed by atoms with Crippen LogP contribution in [0.5, 0.6) is 0 Å². The number of hydrogen-bond donors (Lipinski definition) is 0. The molecule has 0 aliphatic carbocycles. The number of hydrogen-bond acceptors (Lipinski definition) is 2. The van der Waals surface area contributed by atoms with Gasteiger partial charge in [0.1, 0.15) is 0 Å². The monoisotopic (exact) mass is 260 g/mol. The molecule has 0 fully saturated rings. The molecule has 2 aromatic heterocycles. The Morgan fingerprint density at radius 2 is 1.45 bits per heavy atom. The molecule has 1 atom stereocenters. The Bertz CT molecular complexity index is 597. The summed E-state index contributed by atoms with van der Waals surface area (Å²) in [5.41, 5.74) is 3.85. The molecule has 0 radical (unpaired) electrons. The van der Waals surface area contributed by atoms with Crippen molar-refractivity contribution in [1.29, 1.82) is 0 Å². The average Bonchev–Trinajstić information content (AvgIpc) is 2.55. The second-order valence-electron chi connectivity index (χ2n) is 4.81. The molecule has 0 amide bonds. The smallest absolute Gasteiger partial charge is 0.0306 e. The van der Waals surface area contributed by atoms with Crippen LogP contribution < -0.4 is 0 Å². The Balaban J connectivity index is 1.96. The van der Waals surface area contributed by atoms with Gasteiger partial charge in [0.2, 0.25) is 0 Å². The molecule has 0 aliphatic heterocycles. The molecule has 0 saturated carbocycles. The minimum absolute atomic E-state index is 0.326. The first-order valence-corrected chi connectivity index (χ1v) is 6.77. The van der Waals surface area contributed by atoms with Gasteiger partial charge in [-0.25, -0.2) is 0 Å². The molecule has 0 saturated heterocycles. The first-order valence-electron chi connectivity index (χ1n) is 6.77. The van der Waals surface area contributed by atoms with Crippen molar-refractivity contribution in [3.8, 4) is 0 Å². The molecule has 2 nitrogen and oxygen atoms in total. The van der Waals surface area contributed by atoms with Gasteiger partial charge in [0.15, 0.2) is 0 Å². The lowest BCUT2D eigenvalue weighted by atomic mass is 9.87. The van der Waals surface area contributed by atoms with E-state index < -0.39 is 0 Å². The van der Waals surface area contributed by atoms with Crippen LogP contribution in [-0.2, 0) is 6.42 Å². The largest absolute Gasteiger partial charge is 0.265 e. The van der Waals surface area contributed by atoms with Crippen LogP contribution >= 0.6 is 0 Å². The normalized spacial score (nSPS) is 12.0. The third kappa shape index (κ3) is 2.91. The Kier molecular flexibility index (Phi) is 3.83. The highest BCUT2D eigenvalue weighted by molar-refractivity contribution is 5.33. The van der Waals surface area contributed by atoms with E-state index in [4.69, 9.17) is 0 Å². The number of benzene rings is 1. The molecule has 20 heavy (non-hydrogen) atoms.